The predicted molar refractivity (Wildman–Crippen MR) is 134 cm³/mol. The summed E-state index contributed by atoms with van der Waals surface area (Å²) in [5, 5.41) is 3.09. The molecule has 1 heterocycles. The number of fused-ring (bicyclic) bond motifs is 3. The summed E-state index contributed by atoms with van der Waals surface area (Å²) in [5.74, 6) is 1.07. The normalized spacial score (nSPS) is 15.8. The molecule has 168 valence electrons. The number of hydrogen-bond acceptors (Lipinski definition) is 4. The Labute approximate surface area is 195 Å². The van der Waals surface area contributed by atoms with Crippen molar-refractivity contribution in [2.24, 2.45) is 5.92 Å². The zero-order valence-electron chi connectivity index (χ0n) is 18.9. The van der Waals surface area contributed by atoms with Gasteiger partial charge in [0.2, 0.25) is 5.91 Å². The van der Waals surface area contributed by atoms with Gasteiger partial charge in [-0.15, -0.1) is 0 Å². The Kier molecular flexibility index (Phi) is 6.20. The van der Waals surface area contributed by atoms with Crippen molar-refractivity contribution in [2.75, 3.05) is 11.1 Å². The van der Waals surface area contributed by atoms with Crippen LogP contribution in [-0.4, -0.2) is 15.9 Å². The van der Waals surface area contributed by atoms with E-state index in [1.165, 1.54) is 24.8 Å². The molecule has 0 bridgehead atoms. The van der Waals surface area contributed by atoms with Gasteiger partial charge in [0.25, 0.3) is 0 Å². The first kappa shape index (κ1) is 21.4. The van der Waals surface area contributed by atoms with Gasteiger partial charge in [-0.2, -0.15) is 0 Å². The number of carbonyl (C=O) groups is 1. The minimum atomic E-state index is 0.0366. The fraction of sp³-hybridized carbons (Fsp3) is 0.321. The molecule has 1 saturated carbocycles. The van der Waals surface area contributed by atoms with Crippen LogP contribution in [-0.2, 0) is 17.6 Å². The van der Waals surface area contributed by atoms with Crippen molar-refractivity contribution in [2.45, 2.75) is 51.4 Å². The van der Waals surface area contributed by atoms with Crippen LogP contribution in [0.1, 0.15) is 61.0 Å². The molecule has 1 fully saturated rings. The maximum absolute atomic E-state index is 12.9. The molecule has 1 aromatic heterocycles. The number of nitrogens with zero attached hydrogens (tertiary/aromatic N) is 2. The third-order valence-electron chi connectivity index (χ3n) is 6.70. The number of nitrogens with two attached hydrogens (primary N) is 1. The molecular formula is C28H30N4O. The fourth-order valence-electron chi connectivity index (χ4n) is 4.96. The van der Waals surface area contributed by atoms with Gasteiger partial charge in [-0.05, 0) is 60.9 Å². The lowest BCUT2D eigenvalue weighted by Gasteiger charge is -2.22. The van der Waals surface area contributed by atoms with Crippen molar-refractivity contribution in [1.82, 2.24) is 9.97 Å². The first-order valence-corrected chi connectivity index (χ1v) is 12.0. The van der Waals surface area contributed by atoms with E-state index in [4.69, 9.17) is 15.7 Å². The lowest BCUT2D eigenvalue weighted by Crippen LogP contribution is -2.21. The number of benzene rings is 2. The zero-order valence-corrected chi connectivity index (χ0v) is 18.9. The minimum absolute atomic E-state index is 0.0366. The van der Waals surface area contributed by atoms with Crippen molar-refractivity contribution in [1.29, 1.82) is 0 Å². The Morgan fingerprint density at radius 3 is 2.64 bits per heavy atom. The number of rotatable bonds is 5. The maximum atomic E-state index is 12.9. The molecule has 5 rings (SSSR count). The summed E-state index contributed by atoms with van der Waals surface area (Å²) < 4.78 is 0. The number of aromatic nitrogens is 2. The summed E-state index contributed by atoms with van der Waals surface area (Å²) in [5.41, 5.74) is 12.6. The molecule has 2 aliphatic carbocycles. The molecule has 0 saturated heterocycles. The molecule has 3 N–H and O–H groups in total. The van der Waals surface area contributed by atoms with Crippen LogP contribution in [0.2, 0.25) is 0 Å². The van der Waals surface area contributed by atoms with E-state index in [1.807, 2.05) is 60.7 Å². The Bertz CT molecular complexity index is 1180. The van der Waals surface area contributed by atoms with Crippen LogP contribution < -0.4 is 11.1 Å². The highest BCUT2D eigenvalue weighted by atomic mass is 16.1. The van der Waals surface area contributed by atoms with Crippen molar-refractivity contribution in [3.8, 4) is 11.3 Å². The Hall–Kier alpha value is -3.47. The summed E-state index contributed by atoms with van der Waals surface area (Å²) in [6.45, 7) is 0. The van der Waals surface area contributed by atoms with Crippen LogP contribution in [0.4, 0.5) is 11.5 Å². The number of nitrogens with one attached hydrogen (secondary N) is 1. The first-order chi connectivity index (χ1) is 16.2. The SMILES string of the molecule is Nc1ccc2c(c1)CCc1nc(NC(=O)CC3CCCCC3)c(/C=C/c3ccccc3)nc1-2. The van der Waals surface area contributed by atoms with Gasteiger partial charge in [0.15, 0.2) is 5.82 Å². The highest BCUT2D eigenvalue weighted by Gasteiger charge is 2.23. The van der Waals surface area contributed by atoms with Crippen molar-refractivity contribution < 1.29 is 4.79 Å². The molecule has 0 unspecified atom stereocenters. The molecule has 5 nitrogen and oxygen atoms in total. The van der Waals surface area contributed by atoms with Gasteiger partial charge in [-0.25, -0.2) is 9.97 Å². The second-order valence-electron chi connectivity index (χ2n) is 9.17. The second kappa shape index (κ2) is 9.57. The van der Waals surface area contributed by atoms with Gasteiger partial charge in [0.05, 0.1) is 11.4 Å². The number of amides is 1. The first-order valence-electron chi connectivity index (χ1n) is 12.0. The molecular weight excluding hydrogens is 408 g/mol. The van der Waals surface area contributed by atoms with E-state index < -0.39 is 0 Å². The Morgan fingerprint density at radius 1 is 1.00 bits per heavy atom. The van der Waals surface area contributed by atoms with E-state index in [0.29, 0.717) is 23.9 Å². The van der Waals surface area contributed by atoms with Gasteiger partial charge in [-0.3, -0.25) is 4.79 Å². The lowest BCUT2D eigenvalue weighted by molar-refractivity contribution is -0.117. The standard InChI is InChI=1S/C28H30N4O/c29-22-13-14-23-21(18-22)12-16-24-27(23)30-25(15-11-19-7-3-1-4-8-19)28(31-24)32-26(33)17-20-9-5-2-6-10-20/h1,3-4,7-8,11,13-15,18,20H,2,5-6,9-10,12,16-17,29H2,(H,31,32,33)/b15-11+. The molecule has 2 aliphatic rings. The smallest absolute Gasteiger partial charge is 0.225 e. The van der Waals surface area contributed by atoms with E-state index in [9.17, 15) is 4.79 Å². The number of aryl methyl sites for hydroxylation is 2. The summed E-state index contributed by atoms with van der Waals surface area (Å²) >= 11 is 0. The van der Waals surface area contributed by atoms with Crippen LogP contribution in [0, 0.1) is 5.92 Å². The van der Waals surface area contributed by atoms with E-state index in [-0.39, 0.29) is 5.91 Å². The largest absolute Gasteiger partial charge is 0.399 e. The topological polar surface area (TPSA) is 80.9 Å². The molecule has 33 heavy (non-hydrogen) atoms. The second-order valence-corrected chi connectivity index (χ2v) is 9.17. The number of nitrogen functional groups attached to an aromatic ring is 1. The Balaban J connectivity index is 1.48. The summed E-state index contributed by atoms with van der Waals surface area (Å²) in [7, 11) is 0. The number of hydrogen-bond donors (Lipinski definition) is 2. The third-order valence-corrected chi connectivity index (χ3v) is 6.70. The van der Waals surface area contributed by atoms with Gasteiger partial charge >= 0.3 is 0 Å². The summed E-state index contributed by atoms with van der Waals surface area (Å²) in [4.78, 5) is 22.8. The van der Waals surface area contributed by atoms with Gasteiger partial charge < -0.3 is 11.1 Å². The average molecular weight is 439 g/mol. The molecule has 3 aromatic rings. The molecule has 0 radical (unpaired) electrons. The predicted octanol–water partition coefficient (Wildman–Crippen LogP) is 5.90. The minimum Gasteiger partial charge on any atom is -0.399 e. The zero-order chi connectivity index (χ0) is 22.6. The molecule has 1 amide bonds. The highest BCUT2D eigenvalue weighted by Crippen LogP contribution is 2.34. The van der Waals surface area contributed by atoms with Crippen molar-refractivity contribution in [3.05, 3.63) is 71.0 Å². The summed E-state index contributed by atoms with van der Waals surface area (Å²) in [6, 6.07) is 16.1. The fourth-order valence-corrected chi connectivity index (χ4v) is 4.96. The molecule has 0 atom stereocenters. The van der Waals surface area contributed by atoms with Crippen LogP contribution >= 0.6 is 0 Å². The van der Waals surface area contributed by atoms with Gasteiger partial charge in [-0.1, -0.05) is 61.7 Å². The molecule has 0 spiro atoms. The van der Waals surface area contributed by atoms with Crippen LogP contribution in [0.5, 0.6) is 0 Å². The van der Waals surface area contributed by atoms with Crippen molar-refractivity contribution in [3.63, 3.8) is 0 Å². The lowest BCUT2D eigenvalue weighted by atomic mass is 9.87. The van der Waals surface area contributed by atoms with E-state index in [0.717, 1.165) is 53.9 Å². The molecule has 2 aromatic carbocycles. The number of carbonyl (C=O) groups excluding carboxylic acids is 1. The van der Waals surface area contributed by atoms with Crippen LogP contribution in [0.3, 0.4) is 0 Å². The Morgan fingerprint density at radius 2 is 1.82 bits per heavy atom. The molecule has 5 heteroatoms. The third kappa shape index (κ3) is 4.98. The van der Waals surface area contributed by atoms with E-state index in [1.54, 1.807) is 0 Å². The van der Waals surface area contributed by atoms with Crippen LogP contribution in [0.25, 0.3) is 23.4 Å². The number of anilines is 2. The quantitative estimate of drug-likeness (QED) is 0.486. The van der Waals surface area contributed by atoms with Gasteiger partial charge in [0.1, 0.15) is 5.69 Å². The highest BCUT2D eigenvalue weighted by molar-refractivity contribution is 5.92. The maximum Gasteiger partial charge on any atom is 0.225 e. The summed E-state index contributed by atoms with van der Waals surface area (Å²) in [6.07, 6.45) is 12.2. The van der Waals surface area contributed by atoms with Crippen LogP contribution in [0.15, 0.2) is 48.5 Å². The van der Waals surface area contributed by atoms with Gasteiger partial charge in [0, 0.05) is 17.7 Å². The monoisotopic (exact) mass is 438 g/mol. The van der Waals surface area contributed by atoms with Crippen molar-refractivity contribution >= 4 is 29.6 Å². The average Bonchev–Trinajstić information content (AvgIpc) is 2.83. The molecule has 0 aliphatic heterocycles. The van der Waals surface area contributed by atoms with E-state index >= 15 is 0 Å². The van der Waals surface area contributed by atoms with E-state index in [2.05, 4.69) is 5.32 Å².